The SMILES string of the molecule is CNC(C)c1cccc(F)c1N1CCC(NC(C)=O)CC1. The van der Waals surface area contributed by atoms with E-state index in [2.05, 4.69) is 15.5 Å². The molecule has 1 unspecified atom stereocenters. The van der Waals surface area contributed by atoms with Gasteiger partial charge in [-0.1, -0.05) is 12.1 Å². The van der Waals surface area contributed by atoms with E-state index in [4.69, 9.17) is 0 Å². The number of para-hydroxylation sites is 1. The Morgan fingerprint density at radius 3 is 2.62 bits per heavy atom. The number of amides is 1. The predicted molar refractivity (Wildman–Crippen MR) is 82.9 cm³/mol. The van der Waals surface area contributed by atoms with E-state index in [1.807, 2.05) is 20.0 Å². The monoisotopic (exact) mass is 293 g/mol. The Hall–Kier alpha value is -1.62. The van der Waals surface area contributed by atoms with Crippen molar-refractivity contribution in [2.75, 3.05) is 25.0 Å². The molecule has 1 heterocycles. The lowest BCUT2D eigenvalue weighted by molar-refractivity contribution is -0.119. The van der Waals surface area contributed by atoms with Crippen LogP contribution >= 0.6 is 0 Å². The van der Waals surface area contributed by atoms with Gasteiger partial charge < -0.3 is 15.5 Å². The van der Waals surface area contributed by atoms with Crippen LogP contribution < -0.4 is 15.5 Å². The second-order valence-electron chi connectivity index (χ2n) is 5.65. The van der Waals surface area contributed by atoms with Crippen LogP contribution in [0.15, 0.2) is 18.2 Å². The lowest BCUT2D eigenvalue weighted by Crippen LogP contribution is -2.44. The van der Waals surface area contributed by atoms with Gasteiger partial charge in [0, 0.05) is 32.1 Å². The molecule has 2 rings (SSSR count). The summed E-state index contributed by atoms with van der Waals surface area (Å²) in [5.41, 5.74) is 1.68. The molecule has 1 aliphatic heterocycles. The van der Waals surface area contributed by atoms with Crippen LogP contribution in [0.2, 0.25) is 0 Å². The van der Waals surface area contributed by atoms with Crippen LogP contribution in [0.5, 0.6) is 0 Å². The van der Waals surface area contributed by atoms with Crippen LogP contribution in [0.4, 0.5) is 10.1 Å². The van der Waals surface area contributed by atoms with Crippen LogP contribution in [0.25, 0.3) is 0 Å². The standard InChI is InChI=1S/C16H24FN3O/c1-11(18-3)14-5-4-6-15(17)16(14)20-9-7-13(8-10-20)19-12(2)21/h4-6,11,13,18H,7-10H2,1-3H3,(H,19,21). The zero-order chi connectivity index (χ0) is 15.4. The van der Waals surface area contributed by atoms with Crippen LogP contribution in [0.1, 0.15) is 38.3 Å². The van der Waals surface area contributed by atoms with Crippen molar-refractivity contribution in [3.8, 4) is 0 Å². The van der Waals surface area contributed by atoms with Gasteiger partial charge in [-0.25, -0.2) is 4.39 Å². The van der Waals surface area contributed by atoms with Gasteiger partial charge >= 0.3 is 0 Å². The summed E-state index contributed by atoms with van der Waals surface area (Å²) in [6, 6.07) is 5.55. The number of piperidine rings is 1. The maximum atomic E-state index is 14.3. The summed E-state index contributed by atoms with van der Waals surface area (Å²) < 4.78 is 14.3. The van der Waals surface area contributed by atoms with Gasteiger partial charge in [0.2, 0.25) is 5.91 Å². The summed E-state index contributed by atoms with van der Waals surface area (Å²) in [5, 5.41) is 6.12. The number of carbonyl (C=O) groups is 1. The molecule has 1 aromatic carbocycles. The highest BCUT2D eigenvalue weighted by atomic mass is 19.1. The number of benzene rings is 1. The van der Waals surface area contributed by atoms with Crippen molar-refractivity contribution in [2.45, 2.75) is 38.8 Å². The molecule has 5 heteroatoms. The molecule has 1 aromatic rings. The second kappa shape index (κ2) is 6.89. The van der Waals surface area contributed by atoms with Crippen molar-refractivity contribution in [2.24, 2.45) is 0 Å². The molecular formula is C16H24FN3O. The van der Waals surface area contributed by atoms with Crippen molar-refractivity contribution < 1.29 is 9.18 Å². The number of hydrogen-bond donors (Lipinski definition) is 2. The van der Waals surface area contributed by atoms with Gasteiger partial charge in [-0.3, -0.25) is 4.79 Å². The van der Waals surface area contributed by atoms with E-state index in [0.29, 0.717) is 5.69 Å². The average Bonchev–Trinajstić information content (AvgIpc) is 2.46. The third-order valence-electron chi connectivity index (χ3n) is 4.14. The maximum Gasteiger partial charge on any atom is 0.217 e. The molecule has 1 aliphatic rings. The minimum atomic E-state index is -0.174. The Kier molecular flexibility index (Phi) is 5.17. The Balaban J connectivity index is 2.14. The van der Waals surface area contributed by atoms with Crippen molar-refractivity contribution in [1.29, 1.82) is 0 Å². The van der Waals surface area contributed by atoms with Gasteiger partial charge in [0.25, 0.3) is 0 Å². The first-order valence-corrected chi connectivity index (χ1v) is 7.50. The van der Waals surface area contributed by atoms with Gasteiger partial charge in [0.15, 0.2) is 0 Å². The minimum absolute atomic E-state index is 0.00355. The predicted octanol–water partition coefficient (Wildman–Crippen LogP) is 2.21. The van der Waals surface area contributed by atoms with Crippen molar-refractivity contribution in [1.82, 2.24) is 10.6 Å². The largest absolute Gasteiger partial charge is 0.369 e. The summed E-state index contributed by atoms with van der Waals surface area (Å²) in [4.78, 5) is 13.2. The highest BCUT2D eigenvalue weighted by molar-refractivity contribution is 5.73. The molecule has 1 atom stereocenters. The molecule has 4 nitrogen and oxygen atoms in total. The number of carbonyl (C=O) groups excluding carboxylic acids is 1. The number of halogens is 1. The first-order chi connectivity index (χ1) is 10.0. The third-order valence-corrected chi connectivity index (χ3v) is 4.14. The molecular weight excluding hydrogens is 269 g/mol. The van der Waals surface area contributed by atoms with E-state index >= 15 is 0 Å². The average molecular weight is 293 g/mol. The van der Waals surface area contributed by atoms with Crippen molar-refractivity contribution in [3.05, 3.63) is 29.6 Å². The molecule has 0 spiro atoms. The van der Waals surface area contributed by atoms with Gasteiger partial charge in [-0.05, 0) is 38.4 Å². The van der Waals surface area contributed by atoms with Crippen LogP contribution in [-0.2, 0) is 4.79 Å². The Morgan fingerprint density at radius 1 is 1.38 bits per heavy atom. The van der Waals surface area contributed by atoms with E-state index in [9.17, 15) is 9.18 Å². The van der Waals surface area contributed by atoms with Crippen molar-refractivity contribution >= 4 is 11.6 Å². The number of anilines is 1. The highest BCUT2D eigenvalue weighted by Crippen LogP contribution is 2.31. The molecule has 1 fully saturated rings. The molecule has 0 saturated carbocycles. The number of hydrogen-bond acceptors (Lipinski definition) is 3. The number of rotatable bonds is 4. The Labute approximate surface area is 125 Å². The summed E-state index contributed by atoms with van der Waals surface area (Å²) in [7, 11) is 1.88. The molecule has 0 bridgehead atoms. The first-order valence-electron chi connectivity index (χ1n) is 7.50. The van der Waals surface area contributed by atoms with E-state index in [1.54, 1.807) is 6.07 Å². The summed E-state index contributed by atoms with van der Waals surface area (Å²) in [6.45, 7) is 5.09. The van der Waals surface area contributed by atoms with E-state index in [1.165, 1.54) is 13.0 Å². The quantitative estimate of drug-likeness (QED) is 0.894. The van der Waals surface area contributed by atoms with Crippen molar-refractivity contribution in [3.63, 3.8) is 0 Å². The molecule has 0 radical (unpaired) electrons. The van der Waals surface area contributed by atoms with Crippen LogP contribution in [-0.4, -0.2) is 32.1 Å². The lowest BCUT2D eigenvalue weighted by Gasteiger charge is -2.35. The van der Waals surface area contributed by atoms with Gasteiger partial charge in [0.1, 0.15) is 5.82 Å². The zero-order valence-corrected chi connectivity index (χ0v) is 12.9. The third kappa shape index (κ3) is 3.73. The summed E-state index contributed by atoms with van der Waals surface area (Å²) in [6.07, 6.45) is 1.70. The maximum absolute atomic E-state index is 14.3. The van der Waals surface area contributed by atoms with Gasteiger partial charge in [0.05, 0.1) is 5.69 Å². The molecule has 1 saturated heterocycles. The summed E-state index contributed by atoms with van der Waals surface area (Å²) >= 11 is 0. The fourth-order valence-corrected chi connectivity index (χ4v) is 2.91. The molecule has 0 aliphatic carbocycles. The van der Waals surface area contributed by atoms with E-state index in [-0.39, 0.29) is 23.8 Å². The number of nitrogens with zero attached hydrogens (tertiary/aromatic N) is 1. The van der Waals surface area contributed by atoms with E-state index < -0.39 is 0 Å². The van der Waals surface area contributed by atoms with E-state index in [0.717, 1.165) is 31.5 Å². The summed E-state index contributed by atoms with van der Waals surface area (Å²) in [5.74, 6) is -0.170. The normalized spacial score (nSPS) is 17.6. The minimum Gasteiger partial charge on any atom is -0.369 e. The molecule has 21 heavy (non-hydrogen) atoms. The Morgan fingerprint density at radius 2 is 2.05 bits per heavy atom. The molecule has 0 aromatic heterocycles. The second-order valence-corrected chi connectivity index (χ2v) is 5.65. The molecule has 116 valence electrons. The topological polar surface area (TPSA) is 44.4 Å². The zero-order valence-electron chi connectivity index (χ0n) is 12.9. The molecule has 1 amide bonds. The first kappa shape index (κ1) is 15.8. The van der Waals surface area contributed by atoms with Crippen LogP contribution in [0, 0.1) is 5.82 Å². The fraction of sp³-hybridized carbons (Fsp3) is 0.562. The van der Waals surface area contributed by atoms with Gasteiger partial charge in [-0.2, -0.15) is 0 Å². The Bertz CT molecular complexity index is 498. The molecule has 2 N–H and O–H groups in total. The highest BCUT2D eigenvalue weighted by Gasteiger charge is 2.24. The lowest BCUT2D eigenvalue weighted by atomic mass is 10.00. The fourth-order valence-electron chi connectivity index (χ4n) is 2.91. The number of nitrogens with one attached hydrogen (secondary N) is 2. The van der Waals surface area contributed by atoms with Crippen LogP contribution in [0.3, 0.4) is 0 Å². The smallest absolute Gasteiger partial charge is 0.217 e. The van der Waals surface area contributed by atoms with Gasteiger partial charge in [-0.15, -0.1) is 0 Å².